The molecule has 2 aliphatic rings. The minimum atomic E-state index is 0.573. The topological polar surface area (TPSA) is 34.6 Å². The van der Waals surface area contributed by atoms with Crippen LogP contribution in [0, 0.1) is 6.92 Å². The maximum atomic E-state index is 5.88. The van der Waals surface area contributed by atoms with Gasteiger partial charge in [-0.25, -0.2) is 0 Å². The van der Waals surface area contributed by atoms with Crippen LogP contribution in [0.4, 0.5) is 5.00 Å². The van der Waals surface area contributed by atoms with Crippen LogP contribution in [0.5, 0.6) is 11.5 Å². The lowest BCUT2D eigenvalue weighted by Crippen LogP contribution is -2.44. The number of anilines is 1. The molecule has 132 valence electrons. The van der Waals surface area contributed by atoms with Crippen molar-refractivity contribution >= 4 is 16.3 Å². The fourth-order valence-electron chi connectivity index (χ4n) is 3.63. The van der Waals surface area contributed by atoms with E-state index < -0.39 is 0 Å². The van der Waals surface area contributed by atoms with Gasteiger partial charge in [0.1, 0.15) is 18.2 Å². The maximum Gasteiger partial charge on any atom is 0.196 e. The van der Waals surface area contributed by atoms with E-state index >= 15 is 0 Å². The minimum absolute atomic E-state index is 0.573. The van der Waals surface area contributed by atoms with Crippen LogP contribution >= 0.6 is 11.3 Å². The summed E-state index contributed by atoms with van der Waals surface area (Å²) in [5.41, 5.74) is 3.85. The van der Waals surface area contributed by atoms with Crippen LogP contribution in [0.15, 0.2) is 48.8 Å². The first kappa shape index (κ1) is 15.7. The number of ether oxygens (including phenoxy) is 2. The zero-order valence-electron chi connectivity index (χ0n) is 14.6. The van der Waals surface area contributed by atoms with Crippen LogP contribution in [0.2, 0.25) is 0 Å². The molecule has 5 rings (SSSR count). The molecule has 4 nitrogen and oxygen atoms in total. The molecular formula is C21H20N2O2S. The maximum absolute atomic E-state index is 5.88. The number of aromatic nitrogens is 1. The third kappa shape index (κ3) is 2.63. The Morgan fingerprint density at radius 1 is 0.923 bits per heavy atom. The molecule has 4 heterocycles. The fraction of sp³-hybridized carbons (Fsp3) is 0.286. The average Bonchev–Trinajstić information content (AvgIpc) is 2.99. The van der Waals surface area contributed by atoms with E-state index in [4.69, 9.17) is 9.47 Å². The molecule has 0 radical (unpaired) electrons. The second-order valence-corrected chi connectivity index (χ2v) is 7.98. The highest BCUT2D eigenvalue weighted by atomic mass is 32.1. The van der Waals surface area contributed by atoms with E-state index in [0.29, 0.717) is 19.1 Å². The van der Waals surface area contributed by atoms with Crippen LogP contribution in [-0.2, 0) is 0 Å². The molecule has 0 aliphatic carbocycles. The molecule has 0 unspecified atom stereocenters. The van der Waals surface area contributed by atoms with Gasteiger partial charge in [0.15, 0.2) is 11.5 Å². The van der Waals surface area contributed by atoms with Crippen molar-refractivity contribution in [3.63, 3.8) is 0 Å². The third-order valence-electron chi connectivity index (χ3n) is 5.11. The van der Waals surface area contributed by atoms with Gasteiger partial charge in [0, 0.05) is 36.3 Å². The Morgan fingerprint density at radius 3 is 2.31 bits per heavy atom. The van der Waals surface area contributed by atoms with Crippen molar-refractivity contribution in [2.75, 3.05) is 31.2 Å². The van der Waals surface area contributed by atoms with E-state index in [9.17, 15) is 0 Å². The summed E-state index contributed by atoms with van der Waals surface area (Å²) in [5, 5.41) is 1.22. The van der Waals surface area contributed by atoms with Gasteiger partial charge in [0.05, 0.1) is 0 Å². The molecule has 2 aromatic heterocycles. The summed E-state index contributed by atoms with van der Waals surface area (Å²) in [7, 11) is 0. The first-order chi connectivity index (χ1) is 12.8. The minimum Gasteiger partial charge on any atom is -0.485 e. The molecule has 0 atom stereocenters. The quantitative estimate of drug-likeness (QED) is 0.686. The summed E-state index contributed by atoms with van der Waals surface area (Å²) in [6.45, 7) is 5.46. The number of thiophene rings is 1. The Hall–Kier alpha value is -2.53. The summed E-state index contributed by atoms with van der Waals surface area (Å²) in [6.07, 6.45) is 3.67. The summed E-state index contributed by atoms with van der Waals surface area (Å²) in [5.74, 6) is 2.47. The molecule has 3 aromatic rings. The Bertz CT molecular complexity index is 915. The van der Waals surface area contributed by atoms with Gasteiger partial charge in [-0.3, -0.25) is 4.98 Å². The van der Waals surface area contributed by atoms with Crippen molar-refractivity contribution in [3.8, 4) is 22.6 Å². The normalized spacial score (nSPS) is 16.4. The second-order valence-electron chi connectivity index (χ2n) is 6.78. The number of benzene rings is 1. The summed E-state index contributed by atoms with van der Waals surface area (Å²) < 4.78 is 11.7. The molecule has 1 saturated heterocycles. The van der Waals surface area contributed by atoms with Crippen molar-refractivity contribution in [2.24, 2.45) is 0 Å². The predicted octanol–water partition coefficient (Wildman–Crippen LogP) is 4.49. The van der Waals surface area contributed by atoms with Gasteiger partial charge in [0.25, 0.3) is 0 Å². The van der Waals surface area contributed by atoms with Gasteiger partial charge >= 0.3 is 0 Å². The second kappa shape index (κ2) is 6.32. The van der Waals surface area contributed by atoms with E-state index in [1.54, 1.807) is 11.3 Å². The van der Waals surface area contributed by atoms with E-state index in [2.05, 4.69) is 41.1 Å². The van der Waals surface area contributed by atoms with Crippen LogP contribution in [0.25, 0.3) is 11.1 Å². The Balaban J connectivity index is 1.30. The summed E-state index contributed by atoms with van der Waals surface area (Å²) >= 11 is 1.78. The predicted molar refractivity (Wildman–Crippen MR) is 105 cm³/mol. The SMILES string of the molecule is Cc1sc(N2CC(c3ccc(-c4ccncc4)cc3)C2)c2c1OCCO2. The van der Waals surface area contributed by atoms with Crippen LogP contribution in [0.3, 0.4) is 0 Å². The van der Waals surface area contributed by atoms with Gasteiger partial charge < -0.3 is 14.4 Å². The summed E-state index contributed by atoms with van der Waals surface area (Å²) in [4.78, 5) is 7.70. The lowest BCUT2D eigenvalue weighted by molar-refractivity contribution is 0.172. The number of nitrogens with zero attached hydrogens (tertiary/aromatic N) is 2. The molecule has 1 fully saturated rings. The molecule has 0 saturated carbocycles. The van der Waals surface area contributed by atoms with Gasteiger partial charge in [-0.1, -0.05) is 24.3 Å². The first-order valence-corrected chi connectivity index (χ1v) is 9.75. The fourth-order valence-corrected chi connectivity index (χ4v) is 4.69. The lowest BCUT2D eigenvalue weighted by Gasteiger charge is -2.41. The van der Waals surface area contributed by atoms with Crippen LogP contribution < -0.4 is 14.4 Å². The molecular weight excluding hydrogens is 344 g/mol. The number of hydrogen-bond donors (Lipinski definition) is 0. The van der Waals surface area contributed by atoms with Crippen LogP contribution in [-0.4, -0.2) is 31.3 Å². The number of aryl methyl sites for hydroxylation is 1. The number of pyridine rings is 1. The standard InChI is InChI=1S/C21H20N2O2S/c1-14-19-20(25-11-10-24-19)21(26-14)23-12-18(13-23)16-4-2-15(3-5-16)17-6-8-22-9-7-17/h2-9,18H,10-13H2,1H3. The molecule has 0 N–H and O–H groups in total. The number of hydrogen-bond acceptors (Lipinski definition) is 5. The molecule has 2 aliphatic heterocycles. The molecule has 1 aromatic carbocycles. The highest BCUT2D eigenvalue weighted by Crippen LogP contribution is 2.51. The zero-order chi connectivity index (χ0) is 17.5. The average molecular weight is 364 g/mol. The summed E-state index contributed by atoms with van der Waals surface area (Å²) in [6, 6.07) is 13.0. The smallest absolute Gasteiger partial charge is 0.196 e. The van der Waals surface area contributed by atoms with E-state index in [1.807, 2.05) is 24.5 Å². The molecule has 0 amide bonds. The zero-order valence-corrected chi connectivity index (χ0v) is 15.5. The highest BCUT2D eigenvalue weighted by molar-refractivity contribution is 7.16. The van der Waals surface area contributed by atoms with Crippen LogP contribution in [0.1, 0.15) is 16.4 Å². The Labute approximate surface area is 157 Å². The molecule has 0 spiro atoms. The first-order valence-electron chi connectivity index (χ1n) is 8.94. The Kier molecular flexibility index (Phi) is 3.82. The number of rotatable bonds is 3. The van der Waals surface area contributed by atoms with Gasteiger partial charge in [-0.15, -0.1) is 11.3 Å². The van der Waals surface area contributed by atoms with E-state index in [-0.39, 0.29) is 0 Å². The van der Waals surface area contributed by atoms with Crippen molar-refractivity contribution in [1.29, 1.82) is 0 Å². The van der Waals surface area contributed by atoms with Crippen molar-refractivity contribution in [1.82, 2.24) is 4.98 Å². The largest absolute Gasteiger partial charge is 0.485 e. The molecule has 0 bridgehead atoms. The molecule has 5 heteroatoms. The van der Waals surface area contributed by atoms with Gasteiger partial charge in [-0.2, -0.15) is 0 Å². The van der Waals surface area contributed by atoms with Crippen molar-refractivity contribution in [2.45, 2.75) is 12.8 Å². The highest BCUT2D eigenvalue weighted by Gasteiger charge is 2.34. The third-order valence-corrected chi connectivity index (χ3v) is 6.24. The van der Waals surface area contributed by atoms with Gasteiger partial charge in [-0.05, 0) is 35.7 Å². The van der Waals surface area contributed by atoms with E-state index in [0.717, 1.165) is 24.6 Å². The lowest BCUT2D eigenvalue weighted by atomic mass is 9.90. The number of fused-ring (bicyclic) bond motifs is 1. The van der Waals surface area contributed by atoms with E-state index in [1.165, 1.54) is 26.6 Å². The van der Waals surface area contributed by atoms with Gasteiger partial charge in [0.2, 0.25) is 0 Å². The van der Waals surface area contributed by atoms with Crippen molar-refractivity contribution < 1.29 is 9.47 Å². The van der Waals surface area contributed by atoms with Crippen molar-refractivity contribution in [3.05, 3.63) is 59.2 Å². The molecule has 26 heavy (non-hydrogen) atoms. The monoisotopic (exact) mass is 364 g/mol. The Morgan fingerprint density at radius 2 is 1.58 bits per heavy atom.